The Hall–Kier alpha value is -12.2. The highest BCUT2D eigenvalue weighted by Gasteiger charge is 2.27. The third kappa shape index (κ3) is 52.0. The largest absolute Gasteiger partial charge is 0.748 e. The summed E-state index contributed by atoms with van der Waals surface area (Å²) in [5, 5.41) is -1.65. The summed E-state index contributed by atoms with van der Waals surface area (Å²) < 4.78 is 474. The second-order valence-electron chi connectivity index (χ2n) is 24.9. The standard InChI is InChI=1S/2C10H8FNO5S.C9H8BrFO5S.C9H6ClF3O5S.C9H8ClFO5S.C9H6F4O5S.2C9H8F2O5S/c1-12-9-3-2-7(6-8(9)11)10(13)17-4-5-18(14,15)16;1-12-7-2-3-8(9(11)6-7)10(13)17-4-5-18(14,15)16;10-7-3-6(4-8(11)5-7)9(12)16-1-2-17(13,14)15;10-6-7(12)4(3-5(11)8(6)13)9(14)18-1-2-19(15,16)17;10-8-6(2-1-3-7(8)11)9(12)16-4-5-17(13,14)15;10-5-3-4(6(11)8(13)7(5)12)9(14)18-1-2-19(15,16)17;10-7-2-1-6(5-8(7)11)9(12)16-3-4-17(13,14)15;10-6-2-1-3-7(11)8(6)9(12)16-4-5-17(13,14)15/h2*2-3,6H,4-5H2,(H,14,15,16);3-5H,1-2H2,(H,13,14,15);3H,1-2H2,(H,15,16,17);1-3H,4-5H2,(H,13,14,15);3H,1-2H2,(H,15,16,17);1-2,5H,3-4H2,(H,13,14,15);1-3H,4-5H2,(H,13,14,15)/p-8. The van der Waals surface area contributed by atoms with Crippen molar-refractivity contribution in [3.63, 3.8) is 0 Å². The maximum Gasteiger partial charge on any atom is 0.344 e. The van der Waals surface area contributed by atoms with Crippen LogP contribution >= 0.6 is 39.1 Å². The monoisotopic (exact) mass is 2300 g/mol. The molecule has 0 aliphatic carbocycles. The number of nitrogens with zero attached hydrogens (tertiary/aromatic N) is 2. The highest BCUT2D eigenvalue weighted by molar-refractivity contribution is 9.10. The fourth-order valence-corrected chi connectivity index (χ4v) is 11.2. The Labute approximate surface area is 809 Å². The van der Waals surface area contributed by atoms with Gasteiger partial charge in [-0.1, -0.05) is 75.5 Å². The second kappa shape index (κ2) is 58.4. The zero-order valence-electron chi connectivity index (χ0n) is 69.2. The molecule has 780 valence electrons. The van der Waals surface area contributed by atoms with E-state index < -0.39 is 347 Å². The number of esters is 8. The molecular formula is C74H52BrCl2F15N2O40S8-8. The fraction of sp³-hybridized carbons (Fsp3) is 0.216. The molecule has 0 heterocycles. The summed E-state index contributed by atoms with van der Waals surface area (Å²) in [6.45, 7) is 7.69. The van der Waals surface area contributed by atoms with Gasteiger partial charge in [0.15, 0.2) is 58.0 Å². The number of hydrogen-bond acceptors (Lipinski definition) is 40. The second-order valence-corrected chi connectivity index (χ2v) is 38.8. The van der Waals surface area contributed by atoms with E-state index in [-0.39, 0.29) is 45.8 Å². The highest BCUT2D eigenvalue weighted by Crippen LogP contribution is 2.28. The molecule has 142 heavy (non-hydrogen) atoms. The van der Waals surface area contributed by atoms with Gasteiger partial charge in [0.1, 0.15) is 104 Å². The normalized spacial score (nSPS) is 11.2. The molecule has 8 rings (SSSR count). The van der Waals surface area contributed by atoms with Crippen LogP contribution in [0, 0.1) is 100 Å². The van der Waals surface area contributed by atoms with Crippen LogP contribution in [0.15, 0.2) is 126 Å². The Morgan fingerprint density at radius 3 is 0.965 bits per heavy atom. The third-order valence-corrected chi connectivity index (χ3v) is 20.9. The van der Waals surface area contributed by atoms with Gasteiger partial charge in [-0.05, 0) is 84.9 Å². The first-order valence-electron chi connectivity index (χ1n) is 35.8. The van der Waals surface area contributed by atoms with Crippen molar-refractivity contribution in [3.05, 3.63) is 290 Å². The maximum atomic E-state index is 13.3. The van der Waals surface area contributed by atoms with Crippen molar-refractivity contribution >= 4 is 179 Å². The number of hydrogen-bond donors (Lipinski definition) is 0. The highest BCUT2D eigenvalue weighted by atomic mass is 79.9. The molecule has 0 radical (unpaired) electrons. The Bertz CT molecular complexity index is 6900. The van der Waals surface area contributed by atoms with Crippen molar-refractivity contribution < 1.29 is 246 Å². The lowest BCUT2D eigenvalue weighted by molar-refractivity contribution is 0.0507. The molecule has 0 bridgehead atoms. The van der Waals surface area contributed by atoms with Crippen molar-refractivity contribution in [1.29, 1.82) is 0 Å². The molecule has 8 aromatic carbocycles. The average Bonchev–Trinajstić information content (AvgIpc) is 0.812. The van der Waals surface area contributed by atoms with Crippen molar-refractivity contribution in [1.82, 2.24) is 0 Å². The van der Waals surface area contributed by atoms with Gasteiger partial charge in [-0.15, -0.1) is 0 Å². The van der Waals surface area contributed by atoms with E-state index in [4.69, 9.17) is 36.3 Å². The molecule has 0 spiro atoms. The number of benzene rings is 8. The first-order valence-corrected chi connectivity index (χ1v) is 49.9. The molecule has 0 N–H and O–H groups in total. The lowest BCUT2D eigenvalue weighted by atomic mass is 10.2. The summed E-state index contributed by atoms with van der Waals surface area (Å²) in [5.74, 6) is -37.5. The van der Waals surface area contributed by atoms with Crippen LogP contribution in [0.5, 0.6) is 0 Å². The van der Waals surface area contributed by atoms with Crippen molar-refractivity contribution in [2.24, 2.45) is 0 Å². The smallest absolute Gasteiger partial charge is 0.344 e. The van der Waals surface area contributed by atoms with Crippen LogP contribution in [0.1, 0.15) is 82.9 Å². The average molecular weight is 2300 g/mol. The Morgan fingerprint density at radius 2 is 0.606 bits per heavy atom. The third-order valence-electron chi connectivity index (χ3n) is 14.4. The van der Waals surface area contributed by atoms with Gasteiger partial charge in [0.05, 0.1) is 179 Å². The molecule has 0 aliphatic rings. The molecule has 0 fully saturated rings. The Morgan fingerprint density at radius 1 is 0.275 bits per heavy atom. The molecule has 8 aromatic rings. The predicted octanol–water partition coefficient (Wildman–Crippen LogP) is 8.37. The van der Waals surface area contributed by atoms with Crippen LogP contribution < -0.4 is 0 Å². The van der Waals surface area contributed by atoms with Crippen LogP contribution in [0.25, 0.3) is 9.69 Å². The van der Waals surface area contributed by atoms with Gasteiger partial charge in [-0.2, -0.15) is 0 Å². The summed E-state index contributed by atoms with van der Waals surface area (Å²) >= 11 is 13.6. The van der Waals surface area contributed by atoms with Gasteiger partial charge >= 0.3 is 47.8 Å². The minimum absolute atomic E-state index is 0.0196. The SMILES string of the molecule is O=C(OCCS(=O)(=O)[O-])c1c(F)cccc1F.O=C(OCCS(=O)(=O)[O-])c1cc(F)c(F)c(Cl)c1F.O=C(OCCS(=O)(=O)[O-])c1cc(F)c(F)c(F)c1F.O=C(OCCS(=O)(=O)[O-])c1cc(F)cc(Br)c1.O=C(OCCS(=O)(=O)[O-])c1ccc(F)c(F)c1.O=C(OCCS(=O)(=O)[O-])c1cccc(F)c1Cl.[C-]#[N+]c1ccc(C(=O)OCCS(=O)(=O)[O-])c(F)c1.[C-]#[N+]c1ccc(C(=O)OCCS(=O)(=O)[O-])cc1F. The Balaban J connectivity index is 0.000000812. The first-order chi connectivity index (χ1) is 65.1. The van der Waals surface area contributed by atoms with Crippen molar-refractivity contribution in [2.75, 3.05) is 98.9 Å². The van der Waals surface area contributed by atoms with Crippen LogP contribution in [0.2, 0.25) is 10.0 Å². The van der Waals surface area contributed by atoms with Gasteiger partial charge < -0.3 is 74.3 Å². The van der Waals surface area contributed by atoms with Crippen molar-refractivity contribution in [2.45, 2.75) is 0 Å². The summed E-state index contributed by atoms with van der Waals surface area (Å²) in [6.07, 6.45) is 0. The van der Waals surface area contributed by atoms with E-state index in [9.17, 15) is 208 Å². The summed E-state index contributed by atoms with van der Waals surface area (Å²) in [4.78, 5) is 95.9. The minimum Gasteiger partial charge on any atom is -0.748 e. The fourth-order valence-electron chi connectivity index (χ4n) is 8.08. The van der Waals surface area contributed by atoms with Crippen LogP contribution in [0.4, 0.5) is 77.2 Å². The number of ether oxygens (including phenoxy) is 8. The quantitative estimate of drug-likeness (QED) is 0.00726. The van der Waals surface area contributed by atoms with Gasteiger partial charge in [-0.3, -0.25) is 0 Å². The van der Waals surface area contributed by atoms with E-state index in [1.807, 2.05) is 0 Å². The zero-order valence-corrected chi connectivity index (χ0v) is 78.8. The summed E-state index contributed by atoms with van der Waals surface area (Å²) in [6, 6.07) is 18.5. The lowest BCUT2D eigenvalue weighted by Gasteiger charge is -2.09. The molecule has 0 saturated heterocycles. The van der Waals surface area contributed by atoms with Gasteiger partial charge in [-0.25, -0.2) is 181 Å². The number of carbonyl (C=O) groups excluding carboxylic acids is 8. The molecule has 0 amide bonds. The van der Waals surface area contributed by atoms with Gasteiger partial charge in [0, 0.05) is 4.47 Å². The molecule has 0 unspecified atom stereocenters. The molecule has 0 atom stereocenters. The molecule has 0 aromatic heterocycles. The maximum absolute atomic E-state index is 13.3. The molecule has 42 nitrogen and oxygen atoms in total. The number of halogens is 18. The lowest BCUT2D eigenvalue weighted by Crippen LogP contribution is -2.17. The zero-order chi connectivity index (χ0) is 109. The van der Waals surface area contributed by atoms with E-state index >= 15 is 0 Å². The van der Waals surface area contributed by atoms with Gasteiger partial charge in [0.2, 0.25) is 5.69 Å². The van der Waals surface area contributed by atoms with Gasteiger partial charge in [0.25, 0.3) is 0 Å². The number of rotatable bonds is 32. The topological polar surface area (TPSA) is 677 Å². The van der Waals surface area contributed by atoms with E-state index in [0.717, 1.165) is 72.8 Å². The van der Waals surface area contributed by atoms with Crippen molar-refractivity contribution in [3.8, 4) is 0 Å². The predicted molar refractivity (Wildman–Crippen MR) is 440 cm³/mol. The first kappa shape index (κ1) is 128. The van der Waals surface area contributed by atoms with E-state index in [0.29, 0.717) is 10.5 Å². The molecule has 0 aliphatic heterocycles. The van der Waals surface area contributed by atoms with Crippen LogP contribution in [-0.2, 0) is 119 Å². The minimum atomic E-state index is -4.66. The molecule has 0 saturated carbocycles. The molecular weight excluding hydrogens is 2250 g/mol. The van der Waals surface area contributed by atoms with Crippen LogP contribution in [-0.4, -0.2) is 250 Å². The molecule has 68 heteroatoms. The summed E-state index contributed by atoms with van der Waals surface area (Å²) in [5.41, 5.74) is -4.56. The van der Waals surface area contributed by atoms with E-state index in [1.165, 1.54) is 30.3 Å². The van der Waals surface area contributed by atoms with E-state index in [2.05, 4.69) is 63.5 Å². The van der Waals surface area contributed by atoms with Crippen LogP contribution in [0.3, 0.4) is 0 Å². The van der Waals surface area contributed by atoms with E-state index in [1.54, 1.807) is 0 Å². The summed E-state index contributed by atoms with van der Waals surface area (Å²) in [7, 11) is -36.1. The number of carbonyl (C=O) groups is 8. The Kier molecular flexibility index (Phi) is 52.5.